The molecule has 0 radical (unpaired) electrons. The highest BCUT2D eigenvalue weighted by Crippen LogP contribution is 2.34. The fourth-order valence-corrected chi connectivity index (χ4v) is 2.79. The van der Waals surface area contributed by atoms with Crippen LogP contribution < -0.4 is 10.6 Å². The molecule has 0 aliphatic rings. The minimum atomic E-state index is -0.0522. The van der Waals surface area contributed by atoms with E-state index in [9.17, 15) is 0 Å². The van der Waals surface area contributed by atoms with Gasteiger partial charge in [-0.1, -0.05) is 47.5 Å². The molecule has 100 valence electrons. The van der Waals surface area contributed by atoms with Gasteiger partial charge in [0.1, 0.15) is 0 Å². The average molecular weight is 295 g/mol. The van der Waals surface area contributed by atoms with Crippen LogP contribution in [0.15, 0.2) is 48.5 Å². The van der Waals surface area contributed by atoms with Crippen molar-refractivity contribution in [2.45, 2.75) is 6.04 Å². The number of rotatable bonds is 4. The highest BCUT2D eigenvalue weighted by Gasteiger charge is 2.21. The van der Waals surface area contributed by atoms with Crippen LogP contribution in [-0.2, 0) is 0 Å². The molecule has 2 aromatic rings. The minimum Gasteiger partial charge on any atom is -0.366 e. The first-order valence-corrected chi connectivity index (χ1v) is 6.82. The molecule has 0 saturated carbocycles. The van der Waals surface area contributed by atoms with E-state index in [0.717, 1.165) is 11.3 Å². The number of nitrogens with zero attached hydrogens (tertiary/aromatic N) is 1. The Kier molecular flexibility index (Phi) is 4.70. The average Bonchev–Trinajstić information content (AvgIpc) is 2.43. The van der Waals surface area contributed by atoms with Crippen molar-refractivity contribution in [3.63, 3.8) is 0 Å². The SMILES string of the molecule is CN(c1ccccc1)C(CN)c1c(Cl)cccc1Cl. The largest absolute Gasteiger partial charge is 0.366 e. The Morgan fingerprint density at radius 1 is 1.00 bits per heavy atom. The van der Waals surface area contributed by atoms with Gasteiger partial charge in [-0.2, -0.15) is 0 Å². The second kappa shape index (κ2) is 6.29. The Labute approximate surface area is 123 Å². The van der Waals surface area contributed by atoms with E-state index in [4.69, 9.17) is 28.9 Å². The van der Waals surface area contributed by atoms with Gasteiger partial charge >= 0.3 is 0 Å². The third kappa shape index (κ3) is 3.03. The van der Waals surface area contributed by atoms with E-state index in [0.29, 0.717) is 16.6 Å². The fourth-order valence-electron chi connectivity index (χ4n) is 2.14. The van der Waals surface area contributed by atoms with Crippen molar-refractivity contribution in [3.8, 4) is 0 Å². The quantitative estimate of drug-likeness (QED) is 0.919. The van der Waals surface area contributed by atoms with Crippen LogP contribution in [0.2, 0.25) is 10.0 Å². The molecular weight excluding hydrogens is 279 g/mol. The maximum Gasteiger partial charge on any atom is 0.0690 e. The predicted molar refractivity (Wildman–Crippen MR) is 83.1 cm³/mol. The van der Waals surface area contributed by atoms with Crippen LogP contribution in [0, 0.1) is 0 Å². The van der Waals surface area contributed by atoms with Gasteiger partial charge in [0, 0.05) is 34.9 Å². The molecule has 0 aromatic heterocycles. The summed E-state index contributed by atoms with van der Waals surface area (Å²) < 4.78 is 0. The smallest absolute Gasteiger partial charge is 0.0690 e. The molecule has 1 unspecified atom stereocenters. The molecule has 0 amide bonds. The first-order valence-electron chi connectivity index (χ1n) is 6.07. The molecule has 4 heteroatoms. The van der Waals surface area contributed by atoms with E-state index < -0.39 is 0 Å². The molecule has 1 atom stereocenters. The first-order chi connectivity index (χ1) is 9.15. The summed E-state index contributed by atoms with van der Waals surface area (Å²) in [6.45, 7) is 0.439. The fraction of sp³-hybridized carbons (Fsp3) is 0.200. The van der Waals surface area contributed by atoms with Crippen LogP contribution in [-0.4, -0.2) is 13.6 Å². The van der Waals surface area contributed by atoms with Gasteiger partial charge in [-0.05, 0) is 24.3 Å². The second-order valence-electron chi connectivity index (χ2n) is 4.33. The number of anilines is 1. The molecule has 0 spiro atoms. The van der Waals surface area contributed by atoms with Crippen molar-refractivity contribution >= 4 is 28.9 Å². The van der Waals surface area contributed by atoms with Crippen LogP contribution in [0.3, 0.4) is 0 Å². The summed E-state index contributed by atoms with van der Waals surface area (Å²) in [4.78, 5) is 2.09. The number of hydrogen-bond donors (Lipinski definition) is 1. The summed E-state index contributed by atoms with van der Waals surface area (Å²) in [6, 6.07) is 15.5. The van der Waals surface area contributed by atoms with Crippen molar-refractivity contribution in [2.75, 3.05) is 18.5 Å². The summed E-state index contributed by atoms with van der Waals surface area (Å²) in [5.41, 5.74) is 7.87. The number of halogens is 2. The first kappa shape index (κ1) is 14.2. The second-order valence-corrected chi connectivity index (χ2v) is 5.15. The van der Waals surface area contributed by atoms with Crippen LogP contribution >= 0.6 is 23.2 Å². The summed E-state index contributed by atoms with van der Waals surface area (Å²) in [5.74, 6) is 0. The third-order valence-electron chi connectivity index (χ3n) is 3.19. The molecular formula is C15H16Cl2N2. The Morgan fingerprint density at radius 2 is 1.58 bits per heavy atom. The zero-order valence-corrected chi connectivity index (χ0v) is 12.2. The van der Waals surface area contributed by atoms with E-state index in [1.165, 1.54) is 0 Å². The van der Waals surface area contributed by atoms with E-state index in [2.05, 4.69) is 4.90 Å². The van der Waals surface area contributed by atoms with E-state index in [1.807, 2.05) is 55.6 Å². The van der Waals surface area contributed by atoms with Gasteiger partial charge in [-0.3, -0.25) is 0 Å². The lowest BCUT2D eigenvalue weighted by Gasteiger charge is -2.30. The van der Waals surface area contributed by atoms with Crippen molar-refractivity contribution in [1.29, 1.82) is 0 Å². The predicted octanol–water partition coefficient (Wildman–Crippen LogP) is 4.13. The van der Waals surface area contributed by atoms with Crippen LogP contribution in [0.5, 0.6) is 0 Å². The number of hydrogen-bond acceptors (Lipinski definition) is 2. The van der Waals surface area contributed by atoms with Gasteiger partial charge < -0.3 is 10.6 Å². The molecule has 2 rings (SSSR count). The molecule has 0 saturated heterocycles. The molecule has 0 aliphatic heterocycles. The van der Waals surface area contributed by atoms with Gasteiger partial charge in [0.25, 0.3) is 0 Å². The monoisotopic (exact) mass is 294 g/mol. The number of likely N-dealkylation sites (N-methyl/N-ethyl adjacent to an activating group) is 1. The van der Waals surface area contributed by atoms with Crippen LogP contribution in [0.25, 0.3) is 0 Å². The zero-order chi connectivity index (χ0) is 13.8. The molecule has 0 heterocycles. The van der Waals surface area contributed by atoms with Crippen molar-refractivity contribution in [2.24, 2.45) is 5.73 Å². The van der Waals surface area contributed by atoms with E-state index >= 15 is 0 Å². The summed E-state index contributed by atoms with van der Waals surface area (Å²) >= 11 is 12.5. The molecule has 0 aliphatic carbocycles. The third-order valence-corrected chi connectivity index (χ3v) is 3.85. The van der Waals surface area contributed by atoms with Crippen molar-refractivity contribution in [3.05, 3.63) is 64.1 Å². The Bertz CT molecular complexity index is 523. The Hall–Kier alpha value is -1.22. The molecule has 2 nitrogen and oxygen atoms in total. The normalized spacial score (nSPS) is 12.2. The molecule has 0 fully saturated rings. The lowest BCUT2D eigenvalue weighted by molar-refractivity contribution is 0.681. The van der Waals surface area contributed by atoms with Gasteiger partial charge in [-0.15, -0.1) is 0 Å². The van der Waals surface area contributed by atoms with Crippen LogP contribution in [0.4, 0.5) is 5.69 Å². The van der Waals surface area contributed by atoms with Gasteiger partial charge in [0.05, 0.1) is 6.04 Å². The lowest BCUT2D eigenvalue weighted by Crippen LogP contribution is -2.30. The molecule has 19 heavy (non-hydrogen) atoms. The van der Waals surface area contributed by atoms with Crippen molar-refractivity contribution < 1.29 is 0 Å². The molecule has 0 bridgehead atoms. The van der Waals surface area contributed by atoms with Crippen molar-refractivity contribution in [1.82, 2.24) is 0 Å². The standard InChI is InChI=1S/C15H16Cl2N2/c1-19(11-6-3-2-4-7-11)14(10-18)15-12(16)8-5-9-13(15)17/h2-9,14H,10,18H2,1H3. The van der Waals surface area contributed by atoms with E-state index in [1.54, 1.807) is 0 Å². The highest BCUT2D eigenvalue weighted by atomic mass is 35.5. The van der Waals surface area contributed by atoms with Crippen LogP contribution in [0.1, 0.15) is 11.6 Å². The summed E-state index contributed by atoms with van der Waals surface area (Å²) in [6.07, 6.45) is 0. The summed E-state index contributed by atoms with van der Waals surface area (Å²) in [7, 11) is 1.99. The lowest BCUT2D eigenvalue weighted by atomic mass is 10.0. The molecule has 2 N–H and O–H groups in total. The van der Waals surface area contributed by atoms with Gasteiger partial charge in [-0.25, -0.2) is 0 Å². The topological polar surface area (TPSA) is 29.3 Å². The minimum absolute atomic E-state index is 0.0522. The molecule has 2 aromatic carbocycles. The summed E-state index contributed by atoms with van der Waals surface area (Å²) in [5, 5.41) is 1.29. The van der Waals surface area contributed by atoms with E-state index in [-0.39, 0.29) is 6.04 Å². The number of nitrogens with two attached hydrogens (primary N) is 1. The zero-order valence-electron chi connectivity index (χ0n) is 10.7. The maximum absolute atomic E-state index is 6.27. The Morgan fingerprint density at radius 3 is 2.11 bits per heavy atom. The number of para-hydroxylation sites is 1. The number of benzene rings is 2. The van der Waals surface area contributed by atoms with Gasteiger partial charge in [0.15, 0.2) is 0 Å². The maximum atomic E-state index is 6.27. The van der Waals surface area contributed by atoms with Gasteiger partial charge in [0.2, 0.25) is 0 Å². The Balaban J connectivity index is 2.40. The highest BCUT2D eigenvalue weighted by molar-refractivity contribution is 6.36.